The number of carbonyl (C=O) groups is 1. The molecule has 1 amide bonds. The van der Waals surface area contributed by atoms with Crippen molar-refractivity contribution in [1.82, 2.24) is 20.5 Å². The van der Waals surface area contributed by atoms with Gasteiger partial charge in [0.25, 0.3) is 0 Å². The van der Waals surface area contributed by atoms with Crippen LogP contribution in [0.5, 0.6) is 0 Å². The zero-order valence-electron chi connectivity index (χ0n) is 17.3. The van der Waals surface area contributed by atoms with Gasteiger partial charge >= 0.3 is 0 Å². The standard InChI is InChI=1S/C22H33N5O/c1-4-16-8-7-9-19-17(14-25-21(16)19)10-12-24-22(23-6-3)26-18-11-13-27(15-18)20(28)5-2/h7-9,14,18,25H,4-6,10-13,15H2,1-3H3,(H2,23,24,26). The Morgan fingerprint density at radius 1 is 1.29 bits per heavy atom. The summed E-state index contributed by atoms with van der Waals surface area (Å²) in [7, 11) is 0. The van der Waals surface area contributed by atoms with Gasteiger partial charge in [0.2, 0.25) is 5.91 Å². The molecule has 0 aliphatic carbocycles. The molecule has 1 atom stereocenters. The number of aromatic nitrogens is 1. The molecule has 6 nitrogen and oxygen atoms in total. The molecule has 6 heteroatoms. The zero-order valence-corrected chi connectivity index (χ0v) is 17.3. The van der Waals surface area contributed by atoms with Crippen LogP contribution in [0.2, 0.25) is 0 Å². The Morgan fingerprint density at radius 3 is 2.89 bits per heavy atom. The summed E-state index contributed by atoms with van der Waals surface area (Å²) in [6.07, 6.45) is 5.59. The predicted octanol–water partition coefficient (Wildman–Crippen LogP) is 2.84. The number of aliphatic imine (C=N–C) groups is 1. The fourth-order valence-electron chi connectivity index (χ4n) is 3.91. The van der Waals surface area contributed by atoms with Gasteiger partial charge in [0, 0.05) is 55.7 Å². The third kappa shape index (κ3) is 4.66. The minimum Gasteiger partial charge on any atom is -0.361 e. The van der Waals surface area contributed by atoms with Gasteiger partial charge in [-0.05, 0) is 37.3 Å². The number of guanidine groups is 1. The second-order valence-electron chi connectivity index (χ2n) is 7.34. The maximum absolute atomic E-state index is 11.9. The Balaban J connectivity index is 1.60. The van der Waals surface area contributed by atoms with E-state index in [9.17, 15) is 4.79 Å². The number of hydrogen-bond donors (Lipinski definition) is 3. The number of nitrogens with zero attached hydrogens (tertiary/aromatic N) is 2. The fourth-order valence-corrected chi connectivity index (χ4v) is 3.91. The van der Waals surface area contributed by atoms with Crippen molar-refractivity contribution in [3.8, 4) is 0 Å². The summed E-state index contributed by atoms with van der Waals surface area (Å²) in [6, 6.07) is 6.78. The summed E-state index contributed by atoms with van der Waals surface area (Å²) in [4.78, 5) is 22.0. The van der Waals surface area contributed by atoms with Crippen LogP contribution in [-0.2, 0) is 17.6 Å². The summed E-state index contributed by atoms with van der Waals surface area (Å²) in [5.41, 5.74) is 3.92. The molecule has 1 fully saturated rings. The molecule has 1 aromatic heterocycles. The number of fused-ring (bicyclic) bond motifs is 1. The lowest BCUT2D eigenvalue weighted by Gasteiger charge is -2.18. The lowest BCUT2D eigenvalue weighted by molar-refractivity contribution is -0.129. The van der Waals surface area contributed by atoms with Gasteiger partial charge in [0.05, 0.1) is 0 Å². The molecule has 0 radical (unpaired) electrons. The molecule has 28 heavy (non-hydrogen) atoms. The smallest absolute Gasteiger partial charge is 0.222 e. The Labute approximate surface area is 167 Å². The summed E-state index contributed by atoms with van der Waals surface area (Å²) in [6.45, 7) is 9.32. The Hall–Kier alpha value is -2.50. The Bertz CT molecular complexity index is 825. The normalized spacial score (nSPS) is 17.3. The highest BCUT2D eigenvalue weighted by Crippen LogP contribution is 2.22. The lowest BCUT2D eigenvalue weighted by atomic mass is 10.1. The molecule has 152 valence electrons. The van der Waals surface area contributed by atoms with Crippen LogP contribution >= 0.6 is 0 Å². The molecule has 1 unspecified atom stereocenters. The lowest BCUT2D eigenvalue weighted by Crippen LogP contribution is -2.45. The van der Waals surface area contributed by atoms with Crippen LogP contribution in [0, 0.1) is 0 Å². The van der Waals surface area contributed by atoms with Gasteiger partial charge in [-0.1, -0.05) is 32.0 Å². The molecule has 0 spiro atoms. The van der Waals surface area contributed by atoms with Crippen molar-refractivity contribution < 1.29 is 4.79 Å². The van der Waals surface area contributed by atoms with Crippen LogP contribution in [0.3, 0.4) is 0 Å². The number of para-hydroxylation sites is 1. The molecule has 1 aliphatic heterocycles. The van der Waals surface area contributed by atoms with Gasteiger partial charge in [0.15, 0.2) is 5.96 Å². The summed E-state index contributed by atoms with van der Waals surface area (Å²) >= 11 is 0. The Morgan fingerprint density at radius 2 is 2.14 bits per heavy atom. The second kappa shape index (κ2) is 9.62. The maximum Gasteiger partial charge on any atom is 0.222 e. The molecule has 2 heterocycles. The quantitative estimate of drug-likeness (QED) is 0.508. The number of hydrogen-bond acceptors (Lipinski definition) is 2. The van der Waals surface area contributed by atoms with E-state index in [-0.39, 0.29) is 11.9 Å². The number of likely N-dealkylation sites (tertiary alicyclic amines) is 1. The highest BCUT2D eigenvalue weighted by molar-refractivity contribution is 5.86. The van der Waals surface area contributed by atoms with E-state index in [0.717, 1.165) is 51.4 Å². The van der Waals surface area contributed by atoms with E-state index >= 15 is 0 Å². The van der Waals surface area contributed by atoms with Crippen molar-refractivity contribution in [3.63, 3.8) is 0 Å². The highest BCUT2D eigenvalue weighted by atomic mass is 16.2. The average Bonchev–Trinajstić information content (AvgIpc) is 3.34. The Kier molecular flexibility index (Phi) is 6.95. The molecule has 1 saturated heterocycles. The van der Waals surface area contributed by atoms with Gasteiger partial charge in [-0.15, -0.1) is 0 Å². The summed E-state index contributed by atoms with van der Waals surface area (Å²) < 4.78 is 0. The maximum atomic E-state index is 11.9. The number of nitrogens with one attached hydrogen (secondary N) is 3. The van der Waals surface area contributed by atoms with E-state index in [2.05, 4.69) is 53.9 Å². The number of H-pyrrole nitrogens is 1. The number of amides is 1. The van der Waals surface area contributed by atoms with Crippen molar-refractivity contribution in [3.05, 3.63) is 35.5 Å². The van der Waals surface area contributed by atoms with Crippen LogP contribution in [0.1, 0.15) is 44.7 Å². The number of carbonyl (C=O) groups excluding carboxylic acids is 1. The van der Waals surface area contributed by atoms with Crippen LogP contribution in [0.25, 0.3) is 10.9 Å². The van der Waals surface area contributed by atoms with Crippen molar-refractivity contribution in [1.29, 1.82) is 0 Å². The average molecular weight is 384 g/mol. The minimum atomic E-state index is 0.233. The third-order valence-electron chi connectivity index (χ3n) is 5.45. The predicted molar refractivity (Wildman–Crippen MR) is 116 cm³/mol. The molecule has 3 rings (SSSR count). The first-order valence-electron chi connectivity index (χ1n) is 10.6. The van der Waals surface area contributed by atoms with E-state index in [1.54, 1.807) is 0 Å². The summed E-state index contributed by atoms with van der Waals surface area (Å²) in [5.74, 6) is 1.07. The fraction of sp³-hybridized carbons (Fsp3) is 0.545. The second-order valence-corrected chi connectivity index (χ2v) is 7.34. The van der Waals surface area contributed by atoms with Crippen molar-refractivity contribution in [2.24, 2.45) is 4.99 Å². The first-order valence-corrected chi connectivity index (χ1v) is 10.6. The molecular formula is C22H33N5O. The third-order valence-corrected chi connectivity index (χ3v) is 5.45. The molecule has 0 saturated carbocycles. The van der Waals surface area contributed by atoms with Crippen molar-refractivity contribution >= 4 is 22.8 Å². The highest BCUT2D eigenvalue weighted by Gasteiger charge is 2.25. The van der Waals surface area contributed by atoms with Gasteiger partial charge in [-0.25, -0.2) is 0 Å². The van der Waals surface area contributed by atoms with Gasteiger partial charge in [-0.2, -0.15) is 0 Å². The molecule has 2 aromatic rings. The number of benzene rings is 1. The zero-order chi connectivity index (χ0) is 19.9. The molecule has 0 bridgehead atoms. The minimum absolute atomic E-state index is 0.233. The van der Waals surface area contributed by atoms with Gasteiger partial charge < -0.3 is 20.5 Å². The first-order chi connectivity index (χ1) is 13.7. The van der Waals surface area contributed by atoms with Crippen molar-refractivity contribution in [2.45, 2.75) is 52.5 Å². The first kappa shape index (κ1) is 20.2. The van der Waals surface area contributed by atoms with Gasteiger partial charge in [-0.3, -0.25) is 9.79 Å². The number of rotatable bonds is 7. The topological polar surface area (TPSA) is 72.5 Å². The SMILES string of the molecule is CCNC(=NCCc1c[nH]c2c(CC)cccc12)NC1CCN(C(=O)CC)C1. The van der Waals surface area contributed by atoms with E-state index in [1.807, 2.05) is 11.8 Å². The number of aromatic amines is 1. The van der Waals surface area contributed by atoms with Crippen LogP contribution in [0.15, 0.2) is 29.4 Å². The van der Waals surface area contributed by atoms with E-state index < -0.39 is 0 Å². The number of aryl methyl sites for hydroxylation is 1. The van der Waals surface area contributed by atoms with Crippen LogP contribution in [0.4, 0.5) is 0 Å². The molecule has 1 aromatic carbocycles. The summed E-state index contributed by atoms with van der Waals surface area (Å²) in [5, 5.41) is 8.13. The van der Waals surface area contributed by atoms with E-state index in [4.69, 9.17) is 4.99 Å². The van der Waals surface area contributed by atoms with E-state index in [1.165, 1.54) is 22.0 Å². The van der Waals surface area contributed by atoms with E-state index in [0.29, 0.717) is 6.42 Å². The molecular weight excluding hydrogens is 350 g/mol. The molecule has 3 N–H and O–H groups in total. The van der Waals surface area contributed by atoms with Gasteiger partial charge in [0.1, 0.15) is 0 Å². The van der Waals surface area contributed by atoms with Crippen LogP contribution in [-0.4, -0.2) is 54.0 Å². The largest absolute Gasteiger partial charge is 0.361 e. The molecule has 1 aliphatic rings. The van der Waals surface area contributed by atoms with Crippen molar-refractivity contribution in [2.75, 3.05) is 26.2 Å². The monoisotopic (exact) mass is 383 g/mol. The van der Waals surface area contributed by atoms with Crippen LogP contribution < -0.4 is 10.6 Å².